The lowest BCUT2D eigenvalue weighted by Crippen LogP contribution is -2.62. The fourth-order valence-corrected chi connectivity index (χ4v) is 5.44. The second-order valence-electron chi connectivity index (χ2n) is 12.4. The number of carboxylic acid groups (broad SMARTS) is 1. The van der Waals surface area contributed by atoms with Crippen LogP contribution in [0.1, 0.15) is 66.9 Å². The lowest BCUT2D eigenvalue weighted by Gasteiger charge is -2.41. The van der Waals surface area contributed by atoms with Crippen LogP contribution in [0.4, 0.5) is 0 Å². The lowest BCUT2D eigenvalue weighted by atomic mass is 9.76. The summed E-state index contributed by atoms with van der Waals surface area (Å²) >= 11 is 0. The van der Waals surface area contributed by atoms with Crippen LogP contribution in [0.25, 0.3) is 0 Å². The Morgan fingerprint density at radius 2 is 1.68 bits per heavy atom. The predicted octanol–water partition coefficient (Wildman–Crippen LogP) is 3.12. The van der Waals surface area contributed by atoms with Crippen LogP contribution in [0.5, 0.6) is 0 Å². The molecule has 0 radical (unpaired) electrons. The Kier molecular flexibility index (Phi) is 10.3. The molecule has 4 atom stereocenters. The number of aliphatic carboxylic acids is 1. The van der Waals surface area contributed by atoms with Gasteiger partial charge < -0.3 is 20.6 Å². The van der Waals surface area contributed by atoms with Gasteiger partial charge in [0, 0.05) is 25.0 Å². The topological polar surface area (TPSA) is 102 Å². The summed E-state index contributed by atoms with van der Waals surface area (Å²) in [5, 5.41) is 15.9. The number of likely N-dealkylation sites (N-methyl/N-ethyl adjacent to an activating group) is 2. The van der Waals surface area contributed by atoms with Crippen LogP contribution in [0.2, 0.25) is 0 Å². The minimum absolute atomic E-state index is 0.113. The highest BCUT2D eigenvalue weighted by Crippen LogP contribution is 2.29. The lowest BCUT2D eigenvalue weighted by molar-refractivity contribution is -0.144. The molecule has 0 spiro atoms. The van der Waals surface area contributed by atoms with Gasteiger partial charge in [-0.15, -0.1) is 0 Å². The van der Waals surface area contributed by atoms with Crippen molar-refractivity contribution >= 4 is 17.8 Å². The van der Waals surface area contributed by atoms with Gasteiger partial charge in [0.25, 0.3) is 0 Å². The maximum Gasteiger partial charge on any atom is 0.320 e. The van der Waals surface area contributed by atoms with E-state index in [1.165, 1.54) is 0 Å². The SMILES string of the molecule is CN[C@H](C(=O)NC(C(=O)N(C)[C@H](CN1CCC[C@H]1C(=O)O)C(C)C)C(C)(C)C)C(C)(C)c1ccccc1. The number of likely N-dealkylation sites (tertiary alicyclic amines) is 1. The maximum absolute atomic E-state index is 13.9. The Bertz CT molecular complexity index is 926. The van der Waals surface area contributed by atoms with E-state index >= 15 is 0 Å². The Balaban J connectivity index is 2.28. The average molecular weight is 517 g/mol. The number of carbonyl (C=O) groups excluding carboxylic acids is 2. The fourth-order valence-electron chi connectivity index (χ4n) is 5.44. The summed E-state index contributed by atoms with van der Waals surface area (Å²) in [6, 6.07) is 7.88. The van der Waals surface area contributed by atoms with Gasteiger partial charge in [-0.05, 0) is 43.3 Å². The van der Waals surface area contributed by atoms with Crippen molar-refractivity contribution in [1.29, 1.82) is 0 Å². The van der Waals surface area contributed by atoms with Crippen molar-refractivity contribution in [3.8, 4) is 0 Å². The van der Waals surface area contributed by atoms with Crippen molar-refractivity contribution in [2.24, 2.45) is 11.3 Å². The third-order valence-electron chi connectivity index (χ3n) is 7.87. The molecule has 1 aromatic rings. The molecule has 1 fully saturated rings. The van der Waals surface area contributed by atoms with Crippen molar-refractivity contribution in [1.82, 2.24) is 20.4 Å². The Morgan fingerprint density at radius 3 is 2.16 bits per heavy atom. The van der Waals surface area contributed by atoms with Crippen LogP contribution < -0.4 is 10.6 Å². The summed E-state index contributed by atoms with van der Waals surface area (Å²) in [5.74, 6) is -1.10. The molecule has 0 aliphatic carbocycles. The quantitative estimate of drug-likeness (QED) is 0.418. The van der Waals surface area contributed by atoms with Gasteiger partial charge in [0.05, 0.1) is 6.04 Å². The number of carbonyl (C=O) groups is 3. The molecule has 1 unspecified atom stereocenters. The first-order chi connectivity index (χ1) is 17.1. The number of nitrogens with one attached hydrogen (secondary N) is 2. The van der Waals surface area contributed by atoms with Crippen LogP contribution in [0, 0.1) is 11.3 Å². The first-order valence-corrected chi connectivity index (χ1v) is 13.4. The highest BCUT2D eigenvalue weighted by molar-refractivity contribution is 5.91. The van der Waals surface area contributed by atoms with Crippen LogP contribution in [0.15, 0.2) is 30.3 Å². The highest BCUT2D eigenvalue weighted by atomic mass is 16.4. The third-order valence-corrected chi connectivity index (χ3v) is 7.87. The van der Waals surface area contributed by atoms with Gasteiger partial charge in [-0.2, -0.15) is 0 Å². The number of hydrogen-bond donors (Lipinski definition) is 3. The molecular formula is C29H48N4O4. The van der Waals surface area contributed by atoms with E-state index in [0.29, 0.717) is 19.5 Å². The second kappa shape index (κ2) is 12.4. The summed E-state index contributed by atoms with van der Waals surface area (Å²) in [4.78, 5) is 43.0. The van der Waals surface area contributed by atoms with Crippen LogP contribution >= 0.6 is 0 Å². The van der Waals surface area contributed by atoms with Gasteiger partial charge >= 0.3 is 5.97 Å². The van der Waals surface area contributed by atoms with Crippen molar-refractivity contribution in [2.45, 2.75) is 90.9 Å². The fraction of sp³-hybridized carbons (Fsp3) is 0.690. The van der Waals surface area contributed by atoms with E-state index < -0.39 is 34.9 Å². The zero-order valence-electron chi connectivity index (χ0n) is 24.2. The first-order valence-electron chi connectivity index (χ1n) is 13.4. The molecule has 0 aromatic heterocycles. The number of carboxylic acids is 1. The van der Waals surface area contributed by atoms with E-state index in [9.17, 15) is 19.5 Å². The number of nitrogens with zero attached hydrogens (tertiary/aromatic N) is 2. The molecule has 0 saturated carbocycles. The molecule has 1 aliphatic rings. The van der Waals surface area contributed by atoms with Crippen LogP contribution in [-0.4, -0.2) is 84.0 Å². The van der Waals surface area contributed by atoms with Crippen molar-refractivity contribution in [3.63, 3.8) is 0 Å². The van der Waals surface area contributed by atoms with Crippen LogP contribution in [-0.2, 0) is 19.8 Å². The predicted molar refractivity (Wildman–Crippen MR) is 147 cm³/mol. The van der Waals surface area contributed by atoms with Gasteiger partial charge in [-0.3, -0.25) is 19.3 Å². The number of amides is 2. The van der Waals surface area contributed by atoms with E-state index in [2.05, 4.69) is 10.6 Å². The van der Waals surface area contributed by atoms with Crippen molar-refractivity contribution in [3.05, 3.63) is 35.9 Å². The Hall–Kier alpha value is -2.45. The monoisotopic (exact) mass is 516 g/mol. The summed E-state index contributed by atoms with van der Waals surface area (Å²) < 4.78 is 0. The molecule has 1 saturated heterocycles. The minimum Gasteiger partial charge on any atom is -0.480 e. The molecular weight excluding hydrogens is 468 g/mol. The number of rotatable bonds is 11. The summed E-state index contributed by atoms with van der Waals surface area (Å²) in [7, 11) is 3.53. The summed E-state index contributed by atoms with van der Waals surface area (Å²) in [5.41, 5.74) is -0.0205. The molecule has 1 aromatic carbocycles. The zero-order valence-corrected chi connectivity index (χ0v) is 24.2. The molecule has 0 bridgehead atoms. The molecule has 37 heavy (non-hydrogen) atoms. The summed E-state index contributed by atoms with van der Waals surface area (Å²) in [6.45, 7) is 15.2. The molecule has 1 heterocycles. The first kappa shape index (κ1) is 30.8. The van der Waals surface area contributed by atoms with E-state index in [1.54, 1.807) is 19.0 Å². The number of benzene rings is 1. The molecule has 1 aliphatic heterocycles. The molecule has 8 heteroatoms. The second-order valence-corrected chi connectivity index (χ2v) is 12.4. The molecule has 3 N–H and O–H groups in total. The maximum atomic E-state index is 13.9. The zero-order chi connectivity index (χ0) is 28.1. The molecule has 208 valence electrons. The normalized spacial score (nSPS) is 19.4. The molecule has 8 nitrogen and oxygen atoms in total. The van der Waals surface area contributed by atoms with E-state index in [1.807, 2.05) is 83.7 Å². The van der Waals surface area contributed by atoms with Crippen LogP contribution in [0.3, 0.4) is 0 Å². The Labute approximate surface area is 223 Å². The smallest absolute Gasteiger partial charge is 0.320 e. The molecule has 2 amide bonds. The largest absolute Gasteiger partial charge is 0.480 e. The van der Waals surface area contributed by atoms with Gasteiger partial charge in [-0.25, -0.2) is 0 Å². The van der Waals surface area contributed by atoms with E-state index in [-0.39, 0.29) is 23.8 Å². The van der Waals surface area contributed by atoms with Crippen molar-refractivity contribution < 1.29 is 19.5 Å². The average Bonchev–Trinajstić information content (AvgIpc) is 3.29. The standard InChI is InChI=1S/C29H48N4O4/c1-19(2)22(18-33-17-13-16-21(33)27(36)37)32(9)26(35)24(28(3,4)5)31-25(34)23(30-8)29(6,7)20-14-11-10-12-15-20/h10-12,14-15,19,21-24,30H,13,16-18H2,1-9H3,(H,31,34)(H,36,37)/t21-,22+,23+,24?/m0/s1. The molecule has 2 rings (SSSR count). The van der Waals surface area contributed by atoms with Gasteiger partial charge in [0.2, 0.25) is 11.8 Å². The number of hydrogen-bond acceptors (Lipinski definition) is 5. The van der Waals surface area contributed by atoms with Gasteiger partial charge in [0.15, 0.2) is 0 Å². The van der Waals surface area contributed by atoms with Gasteiger partial charge in [-0.1, -0.05) is 78.8 Å². The summed E-state index contributed by atoms with van der Waals surface area (Å²) in [6.07, 6.45) is 1.46. The third kappa shape index (κ3) is 7.32. The minimum atomic E-state index is -0.812. The van der Waals surface area contributed by atoms with Gasteiger partial charge in [0.1, 0.15) is 12.1 Å². The van der Waals surface area contributed by atoms with E-state index in [0.717, 1.165) is 12.0 Å². The van der Waals surface area contributed by atoms with Crippen molar-refractivity contribution in [2.75, 3.05) is 27.2 Å². The van der Waals surface area contributed by atoms with E-state index in [4.69, 9.17) is 0 Å². The Morgan fingerprint density at radius 1 is 1.08 bits per heavy atom. The highest BCUT2D eigenvalue weighted by Gasteiger charge is 2.42.